The van der Waals surface area contributed by atoms with Crippen molar-refractivity contribution in [3.8, 4) is 0 Å². The fourth-order valence-electron chi connectivity index (χ4n) is 7.65. The molecule has 4 aromatic rings. The highest BCUT2D eigenvalue weighted by atomic mass is 16.7. The summed E-state index contributed by atoms with van der Waals surface area (Å²) >= 11 is 0. The summed E-state index contributed by atoms with van der Waals surface area (Å²) in [7, 11) is 4.24. The largest absolute Gasteiger partial charge is 0.396 e. The molecule has 0 bridgehead atoms. The van der Waals surface area contributed by atoms with Gasteiger partial charge in [-0.05, 0) is 36.1 Å². The van der Waals surface area contributed by atoms with E-state index in [1.807, 2.05) is 12.2 Å². The van der Waals surface area contributed by atoms with Gasteiger partial charge < -0.3 is 19.3 Å². The van der Waals surface area contributed by atoms with Gasteiger partial charge >= 0.3 is 0 Å². The van der Waals surface area contributed by atoms with E-state index in [-0.39, 0.29) is 37.1 Å². The quantitative estimate of drug-likeness (QED) is 0.350. The molecule has 0 amide bonds. The molecule has 0 spiro atoms. The van der Waals surface area contributed by atoms with Crippen LogP contribution in [0.2, 0.25) is 0 Å². The van der Waals surface area contributed by atoms with Gasteiger partial charge in [0.15, 0.2) is 0 Å². The highest BCUT2D eigenvalue weighted by Crippen LogP contribution is 2.43. The maximum Gasteiger partial charge on any atom is 0.0867 e. The van der Waals surface area contributed by atoms with Crippen LogP contribution in [0.4, 0.5) is 0 Å². The zero-order valence-electron chi connectivity index (χ0n) is 24.4. The highest BCUT2D eigenvalue weighted by Gasteiger charge is 2.39. The molecule has 6 heterocycles. The first-order valence-electron chi connectivity index (χ1n) is 15.1. The molecular formula is C34H40N4O4. The van der Waals surface area contributed by atoms with Gasteiger partial charge in [-0.3, -0.25) is 9.68 Å². The van der Waals surface area contributed by atoms with E-state index in [1.54, 1.807) is 0 Å². The Kier molecular flexibility index (Phi) is 7.52. The number of aliphatic hydroxyl groups is 2. The smallest absolute Gasteiger partial charge is 0.0867 e. The third kappa shape index (κ3) is 4.45. The molecule has 4 atom stereocenters. The number of hydroxylamine groups is 4. The van der Waals surface area contributed by atoms with Crippen molar-refractivity contribution < 1.29 is 19.9 Å². The Balaban J connectivity index is 0.000000137. The number of aromatic nitrogens is 2. The van der Waals surface area contributed by atoms with Gasteiger partial charge in [-0.2, -0.15) is 10.1 Å². The zero-order valence-corrected chi connectivity index (χ0v) is 24.4. The van der Waals surface area contributed by atoms with Crippen LogP contribution in [0.25, 0.3) is 21.8 Å². The molecule has 4 aliphatic heterocycles. The molecule has 8 nitrogen and oxygen atoms in total. The average molecular weight is 569 g/mol. The van der Waals surface area contributed by atoms with Gasteiger partial charge in [0.1, 0.15) is 0 Å². The first kappa shape index (κ1) is 27.6. The van der Waals surface area contributed by atoms with Gasteiger partial charge in [-0.25, -0.2) is 0 Å². The van der Waals surface area contributed by atoms with E-state index in [0.29, 0.717) is 13.2 Å². The van der Waals surface area contributed by atoms with E-state index >= 15 is 0 Å². The standard InChI is InChI=1S/2C17H20N2O2/c2*1-18-15-7-3-2-6-13(15)14-8-9-19-16(17(14)18)12(11-20)5-4-10-21-19/h2*2-7,12,16,20H,8-11H2,1H3/t2*12-,16+/m11/s1. The maximum absolute atomic E-state index is 9.80. The van der Waals surface area contributed by atoms with Crippen LogP contribution >= 0.6 is 0 Å². The zero-order chi connectivity index (χ0) is 28.8. The van der Waals surface area contributed by atoms with Crippen molar-refractivity contribution in [3.05, 3.63) is 95.3 Å². The van der Waals surface area contributed by atoms with E-state index in [4.69, 9.17) is 9.68 Å². The third-order valence-electron chi connectivity index (χ3n) is 9.54. The lowest BCUT2D eigenvalue weighted by molar-refractivity contribution is -0.190. The van der Waals surface area contributed by atoms with Crippen molar-refractivity contribution in [3.63, 3.8) is 0 Å². The summed E-state index contributed by atoms with van der Waals surface area (Å²) in [5.74, 6) is 0.157. The Morgan fingerprint density at radius 1 is 0.667 bits per heavy atom. The molecule has 8 heteroatoms. The van der Waals surface area contributed by atoms with Gasteiger partial charge in [-0.1, -0.05) is 60.7 Å². The number of nitrogens with zero attached hydrogens (tertiary/aromatic N) is 4. The Hall–Kier alpha value is -3.24. The van der Waals surface area contributed by atoms with Crippen LogP contribution in [0.1, 0.15) is 34.6 Å². The van der Waals surface area contributed by atoms with E-state index in [2.05, 4.69) is 94.0 Å². The molecule has 0 aliphatic carbocycles. The Labute approximate surface area is 246 Å². The highest BCUT2D eigenvalue weighted by molar-refractivity contribution is 5.87. The number of rotatable bonds is 2. The minimum Gasteiger partial charge on any atom is -0.396 e. The summed E-state index contributed by atoms with van der Waals surface area (Å²) in [6, 6.07) is 17.3. The predicted octanol–water partition coefficient (Wildman–Crippen LogP) is 4.37. The topological polar surface area (TPSA) is 75.3 Å². The van der Waals surface area contributed by atoms with E-state index in [0.717, 1.165) is 25.9 Å². The summed E-state index contributed by atoms with van der Waals surface area (Å²) in [6.07, 6.45) is 10.2. The number of hydrogen-bond acceptors (Lipinski definition) is 6. The molecule has 0 saturated heterocycles. The van der Waals surface area contributed by atoms with Crippen LogP contribution in [0.5, 0.6) is 0 Å². The fraction of sp³-hybridized carbons (Fsp3) is 0.412. The normalized spacial score (nSPS) is 25.6. The van der Waals surface area contributed by atoms with Crippen molar-refractivity contribution in [1.29, 1.82) is 0 Å². The molecule has 2 aromatic heterocycles. The summed E-state index contributed by atoms with van der Waals surface area (Å²) in [4.78, 5) is 11.7. The molecule has 0 fully saturated rings. The fourth-order valence-corrected chi connectivity index (χ4v) is 7.65. The lowest BCUT2D eigenvalue weighted by Crippen LogP contribution is -2.39. The molecule has 0 radical (unpaired) electrons. The number of hydrogen-bond donors (Lipinski definition) is 2. The Morgan fingerprint density at radius 3 is 1.52 bits per heavy atom. The number of aliphatic hydroxyl groups excluding tert-OH is 2. The monoisotopic (exact) mass is 568 g/mol. The number of fused-ring (bicyclic) bond motifs is 10. The second-order valence-electron chi connectivity index (χ2n) is 11.7. The van der Waals surface area contributed by atoms with Crippen molar-refractivity contribution in [1.82, 2.24) is 19.3 Å². The Morgan fingerprint density at radius 2 is 1.10 bits per heavy atom. The predicted molar refractivity (Wildman–Crippen MR) is 163 cm³/mol. The van der Waals surface area contributed by atoms with Gasteiger partial charge in [0.2, 0.25) is 0 Å². The van der Waals surface area contributed by atoms with Gasteiger partial charge in [0.25, 0.3) is 0 Å². The van der Waals surface area contributed by atoms with Crippen molar-refractivity contribution in [2.75, 3.05) is 39.5 Å². The molecule has 2 N–H and O–H groups in total. The van der Waals surface area contributed by atoms with Crippen LogP contribution in [0, 0.1) is 11.8 Å². The first-order chi connectivity index (χ1) is 20.6. The summed E-state index contributed by atoms with van der Waals surface area (Å²) in [5, 5.41) is 26.4. The first-order valence-corrected chi connectivity index (χ1v) is 15.1. The van der Waals surface area contributed by atoms with Crippen molar-refractivity contribution in [2.24, 2.45) is 25.9 Å². The van der Waals surface area contributed by atoms with E-state index in [9.17, 15) is 10.2 Å². The molecule has 42 heavy (non-hydrogen) atoms. The second kappa shape index (κ2) is 11.4. The minimum atomic E-state index is 0.0783. The molecule has 220 valence electrons. The van der Waals surface area contributed by atoms with Crippen LogP contribution in [-0.2, 0) is 36.6 Å². The summed E-state index contributed by atoms with van der Waals surface area (Å²) in [5.41, 5.74) is 7.91. The van der Waals surface area contributed by atoms with Crippen LogP contribution in [-0.4, -0.2) is 69.0 Å². The molecule has 0 unspecified atom stereocenters. The SMILES string of the molecule is Cn1c2c(c3ccccc31)CCN1OCC=C[C@H](CO)[C@@H]21.Cn1c2c(c3ccccc31)CCN1OCC=C[C@H](CO)[C@@H]21. The third-order valence-corrected chi connectivity index (χ3v) is 9.54. The second-order valence-corrected chi connectivity index (χ2v) is 11.7. The van der Waals surface area contributed by atoms with E-state index in [1.165, 1.54) is 44.3 Å². The maximum atomic E-state index is 9.80. The number of aryl methyl sites for hydroxylation is 2. The van der Waals surface area contributed by atoms with Crippen LogP contribution < -0.4 is 0 Å². The van der Waals surface area contributed by atoms with Crippen LogP contribution in [0.3, 0.4) is 0 Å². The van der Waals surface area contributed by atoms with Gasteiger partial charge in [0.05, 0.1) is 38.5 Å². The molecule has 2 aromatic carbocycles. The minimum absolute atomic E-state index is 0.0783. The lowest BCUT2D eigenvalue weighted by Gasteiger charge is -2.37. The van der Waals surface area contributed by atoms with Gasteiger partial charge in [0, 0.05) is 72.2 Å². The van der Waals surface area contributed by atoms with Gasteiger partial charge in [-0.15, -0.1) is 0 Å². The van der Waals surface area contributed by atoms with E-state index < -0.39 is 0 Å². The summed E-state index contributed by atoms with van der Waals surface area (Å²) in [6.45, 7) is 3.22. The average Bonchev–Trinajstić information content (AvgIpc) is 3.26. The summed E-state index contributed by atoms with van der Waals surface area (Å²) < 4.78 is 4.54. The van der Waals surface area contributed by atoms with Crippen molar-refractivity contribution in [2.45, 2.75) is 24.9 Å². The Bertz CT molecular complexity index is 1530. The molecular weight excluding hydrogens is 528 g/mol. The van der Waals surface area contributed by atoms with Crippen LogP contribution in [0.15, 0.2) is 72.8 Å². The molecule has 0 saturated carbocycles. The number of para-hydroxylation sites is 2. The van der Waals surface area contributed by atoms with Crippen molar-refractivity contribution >= 4 is 21.8 Å². The molecule has 8 rings (SSSR count). The lowest BCUT2D eigenvalue weighted by atomic mass is 9.90. The molecule has 4 aliphatic rings. The number of benzene rings is 2.